The van der Waals surface area contributed by atoms with Gasteiger partial charge >= 0.3 is 0 Å². The molecule has 0 aromatic rings. The Bertz CT molecular complexity index is 246. The zero-order chi connectivity index (χ0) is 14.7. The molecule has 0 aliphatic rings. The van der Waals surface area contributed by atoms with E-state index in [0.717, 1.165) is 6.42 Å². The van der Waals surface area contributed by atoms with Crippen LogP contribution in [0.1, 0.15) is 48.0 Å². The fourth-order valence-electron chi connectivity index (χ4n) is 1.78. The minimum absolute atomic E-state index is 0.00971. The third kappa shape index (κ3) is 4.65. The first-order chi connectivity index (χ1) is 7.94. The fraction of sp³-hybridized carbons (Fsp3) is 1.00. The second kappa shape index (κ2) is 6.50. The summed E-state index contributed by atoms with van der Waals surface area (Å²) in [4.78, 5) is 0. The highest BCUT2D eigenvalue weighted by Gasteiger charge is 2.40. The Morgan fingerprint density at radius 1 is 1.11 bits per heavy atom. The molecular weight excluding hydrogens is 244 g/mol. The summed E-state index contributed by atoms with van der Waals surface area (Å²) in [6.45, 7) is 16.7. The monoisotopic (exact) mass is 276 g/mol. The predicted molar refractivity (Wildman–Crippen MR) is 79.2 cm³/mol. The van der Waals surface area contributed by atoms with Gasteiger partial charge in [-0.3, -0.25) is 0 Å². The van der Waals surface area contributed by atoms with E-state index < -0.39 is 20.5 Å². The molecule has 0 heterocycles. The van der Waals surface area contributed by atoms with Gasteiger partial charge in [0.05, 0.1) is 12.2 Å². The highest BCUT2D eigenvalue weighted by atomic mass is 28.4. The van der Waals surface area contributed by atoms with Crippen LogP contribution in [0, 0.1) is 5.92 Å². The summed E-state index contributed by atoms with van der Waals surface area (Å²) in [6, 6.07) is 0. The first-order valence-electron chi connectivity index (χ1n) is 6.98. The number of rotatable bonds is 6. The van der Waals surface area contributed by atoms with E-state index >= 15 is 0 Å². The Morgan fingerprint density at radius 2 is 1.56 bits per heavy atom. The SMILES string of the molecule is CC[C@@H](O[Si](C)(C)C(C)(C)C)[C@@H](C)[C@H](O)[C@H](C)O. The highest BCUT2D eigenvalue weighted by Crippen LogP contribution is 2.38. The molecule has 110 valence electrons. The van der Waals surface area contributed by atoms with Crippen molar-refractivity contribution < 1.29 is 14.6 Å². The van der Waals surface area contributed by atoms with E-state index in [1.807, 2.05) is 6.92 Å². The standard InChI is InChI=1S/C14H32O3Si/c1-9-12(10(2)13(16)11(3)15)17-18(7,8)14(4,5)6/h10-13,15-16H,9H2,1-8H3/t10-,11+,12-,13+/m1/s1. The Kier molecular flexibility index (Phi) is 6.54. The third-order valence-corrected chi connectivity index (χ3v) is 8.78. The van der Waals surface area contributed by atoms with Gasteiger partial charge in [-0.05, 0) is 31.5 Å². The average Bonchev–Trinajstić information content (AvgIpc) is 2.22. The summed E-state index contributed by atoms with van der Waals surface area (Å²) in [5, 5.41) is 19.6. The zero-order valence-electron chi connectivity index (χ0n) is 13.3. The smallest absolute Gasteiger partial charge is 0.192 e. The largest absolute Gasteiger partial charge is 0.414 e. The molecule has 2 N–H and O–H groups in total. The van der Waals surface area contributed by atoms with Gasteiger partial charge in [0, 0.05) is 12.0 Å². The van der Waals surface area contributed by atoms with E-state index in [1.165, 1.54) is 0 Å². The molecule has 0 bridgehead atoms. The molecule has 3 nitrogen and oxygen atoms in total. The van der Waals surface area contributed by atoms with E-state index in [4.69, 9.17) is 4.43 Å². The molecule has 0 aromatic heterocycles. The maximum Gasteiger partial charge on any atom is 0.192 e. The van der Waals surface area contributed by atoms with Crippen LogP contribution in [0.4, 0.5) is 0 Å². The number of hydrogen-bond acceptors (Lipinski definition) is 3. The van der Waals surface area contributed by atoms with Gasteiger partial charge in [0.15, 0.2) is 8.32 Å². The van der Waals surface area contributed by atoms with Gasteiger partial charge in [-0.2, -0.15) is 0 Å². The van der Waals surface area contributed by atoms with E-state index in [1.54, 1.807) is 6.92 Å². The molecule has 0 spiro atoms. The molecule has 4 atom stereocenters. The van der Waals surface area contributed by atoms with Crippen LogP contribution >= 0.6 is 0 Å². The number of aliphatic hydroxyl groups is 2. The van der Waals surface area contributed by atoms with Crippen molar-refractivity contribution in [3.63, 3.8) is 0 Å². The quantitative estimate of drug-likeness (QED) is 0.733. The Labute approximate surface area is 114 Å². The van der Waals surface area contributed by atoms with Crippen molar-refractivity contribution in [1.82, 2.24) is 0 Å². The number of aliphatic hydroxyl groups excluding tert-OH is 2. The maximum atomic E-state index is 9.98. The van der Waals surface area contributed by atoms with Crippen molar-refractivity contribution in [2.75, 3.05) is 0 Å². The van der Waals surface area contributed by atoms with Crippen molar-refractivity contribution >= 4 is 8.32 Å². The molecule has 0 aliphatic heterocycles. The van der Waals surface area contributed by atoms with Crippen LogP contribution in [0.2, 0.25) is 18.1 Å². The van der Waals surface area contributed by atoms with E-state index in [9.17, 15) is 10.2 Å². The molecule has 0 radical (unpaired) electrons. The lowest BCUT2D eigenvalue weighted by Gasteiger charge is -2.41. The van der Waals surface area contributed by atoms with Crippen molar-refractivity contribution in [3.05, 3.63) is 0 Å². The molecule has 0 fully saturated rings. The van der Waals surface area contributed by atoms with Crippen LogP contribution in [-0.4, -0.2) is 36.8 Å². The lowest BCUT2D eigenvalue weighted by Crippen LogP contribution is -2.48. The van der Waals surface area contributed by atoms with Gasteiger partial charge in [0.2, 0.25) is 0 Å². The summed E-state index contributed by atoms with van der Waals surface area (Å²) in [6.07, 6.45) is -0.565. The summed E-state index contributed by atoms with van der Waals surface area (Å²) in [7, 11) is -1.83. The van der Waals surface area contributed by atoms with Crippen molar-refractivity contribution in [2.45, 2.75) is 84.4 Å². The molecule has 0 amide bonds. The first-order valence-corrected chi connectivity index (χ1v) is 9.88. The number of hydrogen-bond donors (Lipinski definition) is 2. The second-order valence-electron chi connectivity index (χ2n) is 6.92. The van der Waals surface area contributed by atoms with Crippen LogP contribution in [0.25, 0.3) is 0 Å². The fourth-order valence-corrected chi connectivity index (χ4v) is 3.27. The van der Waals surface area contributed by atoms with Gasteiger partial charge in [-0.1, -0.05) is 34.6 Å². The summed E-state index contributed by atoms with van der Waals surface area (Å²) in [5.74, 6) is -0.0517. The van der Waals surface area contributed by atoms with Crippen LogP contribution in [0.15, 0.2) is 0 Å². The molecule has 0 aromatic carbocycles. The minimum Gasteiger partial charge on any atom is -0.414 e. The molecule has 0 unspecified atom stereocenters. The first kappa shape index (κ1) is 18.1. The maximum absolute atomic E-state index is 9.98. The second-order valence-corrected chi connectivity index (χ2v) is 11.7. The van der Waals surface area contributed by atoms with Gasteiger partial charge in [0.25, 0.3) is 0 Å². The van der Waals surface area contributed by atoms with Crippen LogP contribution in [0.5, 0.6) is 0 Å². The summed E-state index contributed by atoms with van der Waals surface area (Å²) in [5.41, 5.74) is 0. The third-order valence-electron chi connectivity index (χ3n) is 4.27. The molecule has 0 saturated heterocycles. The summed E-state index contributed by atoms with van der Waals surface area (Å²) < 4.78 is 6.35. The molecule has 0 saturated carbocycles. The molecule has 18 heavy (non-hydrogen) atoms. The van der Waals surface area contributed by atoms with Crippen molar-refractivity contribution in [2.24, 2.45) is 5.92 Å². The molecule has 0 rings (SSSR count). The van der Waals surface area contributed by atoms with Crippen LogP contribution in [0.3, 0.4) is 0 Å². The van der Waals surface area contributed by atoms with Crippen molar-refractivity contribution in [3.8, 4) is 0 Å². The van der Waals surface area contributed by atoms with Crippen LogP contribution < -0.4 is 0 Å². The van der Waals surface area contributed by atoms with Crippen molar-refractivity contribution in [1.29, 1.82) is 0 Å². The van der Waals surface area contributed by atoms with E-state index in [-0.39, 0.29) is 17.1 Å². The predicted octanol–water partition coefficient (Wildman–Crippen LogP) is 3.16. The van der Waals surface area contributed by atoms with Gasteiger partial charge in [-0.15, -0.1) is 0 Å². The lowest BCUT2D eigenvalue weighted by molar-refractivity contribution is -0.0411. The average molecular weight is 276 g/mol. The lowest BCUT2D eigenvalue weighted by atomic mass is 9.93. The normalized spacial score (nSPS) is 20.3. The van der Waals surface area contributed by atoms with Gasteiger partial charge < -0.3 is 14.6 Å². The Hall–Kier alpha value is 0.0969. The minimum atomic E-state index is -1.83. The Morgan fingerprint density at radius 3 is 1.83 bits per heavy atom. The molecule has 4 heteroatoms. The Balaban J connectivity index is 4.81. The van der Waals surface area contributed by atoms with Gasteiger partial charge in [0.1, 0.15) is 0 Å². The zero-order valence-corrected chi connectivity index (χ0v) is 14.3. The molecule has 0 aliphatic carbocycles. The van der Waals surface area contributed by atoms with E-state index in [2.05, 4.69) is 40.8 Å². The highest BCUT2D eigenvalue weighted by molar-refractivity contribution is 6.74. The molecular formula is C14H32O3Si. The summed E-state index contributed by atoms with van der Waals surface area (Å²) >= 11 is 0. The topological polar surface area (TPSA) is 49.7 Å². The van der Waals surface area contributed by atoms with E-state index in [0.29, 0.717) is 0 Å². The van der Waals surface area contributed by atoms with Gasteiger partial charge in [-0.25, -0.2) is 0 Å². The van der Waals surface area contributed by atoms with Crippen LogP contribution in [-0.2, 0) is 4.43 Å².